The highest BCUT2D eigenvalue weighted by Crippen LogP contribution is 2.31. The van der Waals surface area contributed by atoms with Gasteiger partial charge in [-0.15, -0.1) is 10.2 Å². The zero-order valence-corrected chi connectivity index (χ0v) is 12.6. The second-order valence-corrected chi connectivity index (χ2v) is 5.53. The van der Waals surface area contributed by atoms with Crippen molar-refractivity contribution in [3.8, 4) is 0 Å². The highest BCUT2D eigenvalue weighted by atomic mass is 35.5. The number of carbonyl (C=O) groups excluding carboxylic acids is 1. The molecule has 0 spiro atoms. The highest BCUT2D eigenvalue weighted by molar-refractivity contribution is 6.29. The molecule has 0 radical (unpaired) electrons. The zero-order chi connectivity index (χ0) is 14.6. The molecule has 1 amide bonds. The van der Waals surface area contributed by atoms with Gasteiger partial charge in [-0.05, 0) is 37.8 Å². The molecule has 0 aromatic carbocycles. The number of ether oxygens (including phenoxy) is 1. The first-order valence-corrected chi connectivity index (χ1v) is 7.40. The lowest BCUT2D eigenvalue weighted by molar-refractivity contribution is -0.0918. The van der Waals surface area contributed by atoms with Crippen LogP contribution < -0.4 is 5.32 Å². The average Bonchev–Trinajstić information content (AvgIpc) is 2.48. The summed E-state index contributed by atoms with van der Waals surface area (Å²) < 4.78 is 5.90. The van der Waals surface area contributed by atoms with Crippen LogP contribution in [0.2, 0.25) is 5.15 Å². The molecule has 2 heterocycles. The van der Waals surface area contributed by atoms with Gasteiger partial charge in [0, 0.05) is 12.6 Å². The molecular weight excluding hydrogens is 278 g/mol. The van der Waals surface area contributed by atoms with Crippen molar-refractivity contribution in [3.05, 3.63) is 23.0 Å². The van der Waals surface area contributed by atoms with Crippen LogP contribution in [-0.4, -0.2) is 34.4 Å². The van der Waals surface area contributed by atoms with Gasteiger partial charge in [0.15, 0.2) is 10.8 Å². The molecule has 0 bridgehead atoms. The van der Waals surface area contributed by atoms with Gasteiger partial charge in [0.25, 0.3) is 5.91 Å². The number of amides is 1. The minimum Gasteiger partial charge on any atom is -0.375 e. The molecule has 1 aliphatic heterocycles. The van der Waals surface area contributed by atoms with Crippen LogP contribution in [0.1, 0.15) is 50.0 Å². The Morgan fingerprint density at radius 1 is 1.45 bits per heavy atom. The van der Waals surface area contributed by atoms with Crippen LogP contribution in [0.5, 0.6) is 0 Å². The maximum atomic E-state index is 12.1. The van der Waals surface area contributed by atoms with Gasteiger partial charge in [-0.3, -0.25) is 4.79 Å². The molecule has 1 aromatic rings. The fraction of sp³-hybridized carbons (Fsp3) is 0.643. The van der Waals surface area contributed by atoms with E-state index in [9.17, 15) is 4.79 Å². The molecule has 6 heteroatoms. The van der Waals surface area contributed by atoms with E-state index in [0.29, 0.717) is 12.3 Å². The van der Waals surface area contributed by atoms with Crippen LogP contribution in [0.3, 0.4) is 0 Å². The topological polar surface area (TPSA) is 64.1 Å². The first-order valence-electron chi connectivity index (χ1n) is 7.02. The fourth-order valence-corrected chi connectivity index (χ4v) is 2.69. The van der Waals surface area contributed by atoms with Gasteiger partial charge in [-0.25, -0.2) is 0 Å². The molecule has 5 nitrogen and oxygen atoms in total. The number of hydrogen-bond acceptors (Lipinski definition) is 4. The lowest BCUT2D eigenvalue weighted by Gasteiger charge is -2.40. The van der Waals surface area contributed by atoms with Crippen molar-refractivity contribution in [1.29, 1.82) is 0 Å². The first kappa shape index (κ1) is 15.2. The number of nitrogens with zero attached hydrogens (tertiary/aromatic N) is 2. The van der Waals surface area contributed by atoms with Gasteiger partial charge in [-0.1, -0.05) is 25.4 Å². The Balaban J connectivity index is 1.99. The van der Waals surface area contributed by atoms with E-state index in [1.807, 2.05) is 0 Å². The van der Waals surface area contributed by atoms with Gasteiger partial charge in [0.1, 0.15) is 0 Å². The van der Waals surface area contributed by atoms with E-state index in [1.54, 1.807) is 12.1 Å². The van der Waals surface area contributed by atoms with Crippen molar-refractivity contribution in [2.75, 3.05) is 6.61 Å². The molecule has 1 N–H and O–H groups in total. The number of rotatable bonds is 4. The van der Waals surface area contributed by atoms with Crippen LogP contribution in [-0.2, 0) is 4.74 Å². The molecule has 1 saturated heterocycles. The predicted octanol–water partition coefficient (Wildman–Crippen LogP) is 2.60. The van der Waals surface area contributed by atoms with Crippen LogP contribution >= 0.6 is 11.6 Å². The lowest BCUT2D eigenvalue weighted by Crippen LogP contribution is -2.48. The maximum absolute atomic E-state index is 12.1. The molecule has 0 saturated carbocycles. The van der Waals surface area contributed by atoms with E-state index in [-0.39, 0.29) is 22.7 Å². The monoisotopic (exact) mass is 297 g/mol. The standard InChI is InChI=1S/C14H20ClN3O2/c1-3-14(4-2)9-10(7-8-20-14)16-13(19)11-5-6-12(15)18-17-11/h5-6,10H,3-4,7-9H2,1-2H3,(H,16,19). The highest BCUT2D eigenvalue weighted by Gasteiger charge is 2.35. The van der Waals surface area contributed by atoms with Crippen molar-refractivity contribution < 1.29 is 9.53 Å². The molecule has 2 rings (SSSR count). The minimum absolute atomic E-state index is 0.109. The number of hydrogen-bond donors (Lipinski definition) is 1. The smallest absolute Gasteiger partial charge is 0.272 e. The minimum atomic E-state index is -0.206. The Bertz CT molecular complexity index is 460. The number of halogens is 1. The first-order chi connectivity index (χ1) is 9.58. The van der Waals surface area contributed by atoms with E-state index in [1.165, 1.54) is 0 Å². The van der Waals surface area contributed by atoms with Crippen LogP contribution in [0.4, 0.5) is 0 Å². The van der Waals surface area contributed by atoms with Crippen molar-refractivity contribution >= 4 is 17.5 Å². The summed E-state index contributed by atoms with van der Waals surface area (Å²) in [6, 6.07) is 3.26. The van der Waals surface area contributed by atoms with E-state index >= 15 is 0 Å². The quantitative estimate of drug-likeness (QED) is 0.928. The summed E-state index contributed by atoms with van der Waals surface area (Å²) in [6.07, 6.45) is 3.58. The van der Waals surface area contributed by atoms with Gasteiger partial charge >= 0.3 is 0 Å². The number of nitrogens with one attached hydrogen (secondary N) is 1. The second kappa shape index (κ2) is 6.50. The Morgan fingerprint density at radius 3 is 2.80 bits per heavy atom. The van der Waals surface area contributed by atoms with Crippen LogP contribution in [0, 0.1) is 0 Å². The molecule has 1 unspecified atom stereocenters. The largest absolute Gasteiger partial charge is 0.375 e. The number of carbonyl (C=O) groups is 1. The summed E-state index contributed by atoms with van der Waals surface area (Å²) in [7, 11) is 0. The third-order valence-electron chi connectivity index (χ3n) is 3.98. The maximum Gasteiger partial charge on any atom is 0.272 e. The van der Waals surface area contributed by atoms with Crippen molar-refractivity contribution in [3.63, 3.8) is 0 Å². The van der Waals surface area contributed by atoms with Gasteiger partial charge < -0.3 is 10.1 Å². The summed E-state index contributed by atoms with van der Waals surface area (Å²) >= 11 is 5.66. The molecule has 110 valence electrons. The molecule has 1 aliphatic rings. The molecule has 0 aliphatic carbocycles. The van der Waals surface area contributed by atoms with Gasteiger partial charge in [0.05, 0.1) is 5.60 Å². The van der Waals surface area contributed by atoms with Crippen molar-refractivity contribution in [1.82, 2.24) is 15.5 Å². The third kappa shape index (κ3) is 3.46. The lowest BCUT2D eigenvalue weighted by atomic mass is 9.86. The Morgan fingerprint density at radius 2 is 2.20 bits per heavy atom. The zero-order valence-electron chi connectivity index (χ0n) is 11.9. The third-order valence-corrected chi connectivity index (χ3v) is 4.18. The Labute approximate surface area is 124 Å². The summed E-state index contributed by atoms with van der Waals surface area (Å²) in [4.78, 5) is 12.1. The van der Waals surface area contributed by atoms with Crippen LogP contribution in [0.25, 0.3) is 0 Å². The molecule has 20 heavy (non-hydrogen) atoms. The molecular formula is C14H20ClN3O2. The average molecular weight is 298 g/mol. The summed E-state index contributed by atoms with van der Waals surface area (Å²) in [6.45, 7) is 4.93. The Kier molecular flexibility index (Phi) is 4.94. The molecule has 1 aromatic heterocycles. The van der Waals surface area contributed by atoms with E-state index in [4.69, 9.17) is 16.3 Å². The summed E-state index contributed by atoms with van der Waals surface area (Å²) in [5.74, 6) is -0.206. The molecule has 1 fully saturated rings. The van der Waals surface area contributed by atoms with Crippen molar-refractivity contribution in [2.24, 2.45) is 0 Å². The Hall–Kier alpha value is -1.20. The number of aromatic nitrogens is 2. The molecule has 1 atom stereocenters. The summed E-state index contributed by atoms with van der Waals surface area (Å²) in [5.41, 5.74) is 0.182. The SMILES string of the molecule is CCC1(CC)CC(NC(=O)c2ccc(Cl)nn2)CCO1. The van der Waals surface area contributed by atoms with Crippen molar-refractivity contribution in [2.45, 2.75) is 51.2 Å². The van der Waals surface area contributed by atoms with E-state index < -0.39 is 0 Å². The second-order valence-electron chi connectivity index (χ2n) is 5.14. The van der Waals surface area contributed by atoms with Crippen LogP contribution in [0.15, 0.2) is 12.1 Å². The van der Waals surface area contributed by atoms with Gasteiger partial charge in [-0.2, -0.15) is 0 Å². The predicted molar refractivity (Wildman–Crippen MR) is 76.8 cm³/mol. The van der Waals surface area contributed by atoms with E-state index in [2.05, 4.69) is 29.4 Å². The van der Waals surface area contributed by atoms with Gasteiger partial charge in [0.2, 0.25) is 0 Å². The summed E-state index contributed by atoms with van der Waals surface area (Å²) in [5, 5.41) is 10.8. The normalized spacial score (nSPS) is 21.4. The van der Waals surface area contributed by atoms with E-state index in [0.717, 1.165) is 25.7 Å². The fourth-order valence-electron chi connectivity index (χ4n) is 2.59.